The van der Waals surface area contributed by atoms with Crippen LogP contribution in [0.25, 0.3) is 5.57 Å². The van der Waals surface area contributed by atoms with E-state index in [0.717, 1.165) is 4.88 Å². The molecule has 1 aliphatic carbocycles. The van der Waals surface area contributed by atoms with Crippen molar-refractivity contribution in [2.45, 2.75) is 13.8 Å². The molecular formula is C13H13NO2S. The maximum atomic E-state index is 11.0. The molecule has 0 bridgehead atoms. The molecular weight excluding hydrogens is 234 g/mol. The average molecular weight is 247 g/mol. The molecule has 2 atom stereocenters. The van der Waals surface area contributed by atoms with Crippen molar-refractivity contribution >= 4 is 22.9 Å². The summed E-state index contributed by atoms with van der Waals surface area (Å²) in [7, 11) is 0. The topological polar surface area (TPSA) is 61.1 Å². The van der Waals surface area contributed by atoms with Crippen LogP contribution in [0.3, 0.4) is 0 Å². The van der Waals surface area contributed by atoms with E-state index in [-0.39, 0.29) is 17.3 Å². The zero-order chi connectivity index (χ0) is 12.6. The monoisotopic (exact) mass is 247 g/mol. The molecule has 1 fully saturated rings. The van der Waals surface area contributed by atoms with Gasteiger partial charge in [0.05, 0.1) is 11.5 Å². The highest BCUT2D eigenvalue weighted by Crippen LogP contribution is 2.59. The van der Waals surface area contributed by atoms with Gasteiger partial charge >= 0.3 is 5.97 Å². The van der Waals surface area contributed by atoms with Gasteiger partial charge in [-0.1, -0.05) is 26.0 Å². The second kappa shape index (κ2) is 4.01. The van der Waals surface area contributed by atoms with Gasteiger partial charge < -0.3 is 5.11 Å². The summed E-state index contributed by atoms with van der Waals surface area (Å²) in [5, 5.41) is 20.1. The minimum atomic E-state index is -0.778. The summed E-state index contributed by atoms with van der Waals surface area (Å²) in [6.07, 6.45) is 1.81. The second-order valence-electron chi connectivity index (χ2n) is 4.83. The van der Waals surface area contributed by atoms with Crippen molar-refractivity contribution in [3.8, 4) is 6.07 Å². The van der Waals surface area contributed by atoms with Gasteiger partial charge in [-0.05, 0) is 22.8 Å². The largest absolute Gasteiger partial charge is 0.481 e. The van der Waals surface area contributed by atoms with Crippen molar-refractivity contribution in [1.29, 1.82) is 5.26 Å². The SMILES string of the molecule is CC1(C)[C@H](/C=C(\C#N)c2cccs2)[C@H]1C(=O)O. The normalized spacial score (nSPS) is 26.3. The molecule has 0 spiro atoms. The molecule has 4 heteroatoms. The lowest BCUT2D eigenvalue weighted by atomic mass is 10.1. The highest BCUT2D eigenvalue weighted by Gasteiger charge is 2.61. The third kappa shape index (κ3) is 1.98. The van der Waals surface area contributed by atoms with E-state index < -0.39 is 5.97 Å². The molecule has 1 N–H and O–H groups in total. The van der Waals surface area contributed by atoms with Crippen LogP contribution in [0.2, 0.25) is 0 Å². The average Bonchev–Trinajstić information content (AvgIpc) is 2.69. The van der Waals surface area contributed by atoms with Gasteiger partial charge in [-0.15, -0.1) is 11.3 Å². The predicted octanol–water partition coefficient (Wildman–Crippen LogP) is 3.01. The zero-order valence-electron chi connectivity index (χ0n) is 9.68. The summed E-state index contributed by atoms with van der Waals surface area (Å²) in [6.45, 7) is 3.85. The highest BCUT2D eigenvalue weighted by atomic mass is 32.1. The van der Waals surface area contributed by atoms with Crippen LogP contribution in [0, 0.1) is 28.6 Å². The molecule has 17 heavy (non-hydrogen) atoms. The Hall–Kier alpha value is -1.60. The number of carboxylic acids is 1. The summed E-state index contributed by atoms with van der Waals surface area (Å²) in [5.74, 6) is -1.19. The Morgan fingerprint density at radius 3 is 2.76 bits per heavy atom. The Bertz CT molecular complexity index is 508. The lowest BCUT2D eigenvalue weighted by molar-refractivity contribution is -0.139. The van der Waals surface area contributed by atoms with Gasteiger partial charge in [0.1, 0.15) is 6.07 Å². The molecule has 88 valence electrons. The number of nitrogens with zero attached hydrogens (tertiary/aromatic N) is 1. The number of carboxylic acid groups (broad SMARTS) is 1. The van der Waals surface area contributed by atoms with Crippen LogP contribution in [-0.2, 0) is 4.79 Å². The molecule has 0 amide bonds. The van der Waals surface area contributed by atoms with Gasteiger partial charge in [0.2, 0.25) is 0 Å². The molecule has 0 aliphatic heterocycles. The molecule has 3 nitrogen and oxygen atoms in total. The Morgan fingerprint density at radius 2 is 2.35 bits per heavy atom. The molecule has 0 aromatic carbocycles. The minimum absolute atomic E-state index is 0.0447. The smallest absolute Gasteiger partial charge is 0.307 e. The first-order valence-corrected chi connectivity index (χ1v) is 6.25. The van der Waals surface area contributed by atoms with E-state index in [4.69, 9.17) is 10.4 Å². The first-order valence-electron chi connectivity index (χ1n) is 5.37. The van der Waals surface area contributed by atoms with Crippen molar-refractivity contribution in [2.24, 2.45) is 17.3 Å². The Labute approximate surface area is 104 Å². The number of rotatable bonds is 3. The van der Waals surface area contributed by atoms with Crippen LogP contribution in [-0.4, -0.2) is 11.1 Å². The fraction of sp³-hybridized carbons (Fsp3) is 0.385. The molecule has 2 rings (SSSR count). The minimum Gasteiger partial charge on any atom is -0.481 e. The van der Waals surface area contributed by atoms with E-state index >= 15 is 0 Å². The standard InChI is InChI=1S/C13H13NO2S/c1-13(2)9(11(13)12(15)16)6-8(7-14)10-4-3-5-17-10/h3-6,9,11H,1-2H3,(H,15,16)/b8-6+/t9-,11+/m1/s1. The maximum Gasteiger partial charge on any atom is 0.307 e. The van der Waals surface area contributed by atoms with Gasteiger partial charge in [0, 0.05) is 4.88 Å². The number of hydrogen-bond donors (Lipinski definition) is 1. The fourth-order valence-corrected chi connectivity index (χ4v) is 2.95. The van der Waals surface area contributed by atoms with Crippen molar-refractivity contribution in [3.05, 3.63) is 28.5 Å². The number of thiophene rings is 1. The van der Waals surface area contributed by atoms with E-state index in [1.54, 1.807) is 0 Å². The molecule has 1 aromatic rings. The van der Waals surface area contributed by atoms with E-state index in [1.165, 1.54) is 11.3 Å². The lowest BCUT2D eigenvalue weighted by Crippen LogP contribution is -2.03. The van der Waals surface area contributed by atoms with Gasteiger partial charge in [0.15, 0.2) is 0 Å². The summed E-state index contributed by atoms with van der Waals surface area (Å²) in [4.78, 5) is 11.9. The number of carbonyl (C=O) groups is 1. The van der Waals surface area contributed by atoms with Crippen molar-refractivity contribution in [2.75, 3.05) is 0 Å². The highest BCUT2D eigenvalue weighted by molar-refractivity contribution is 7.11. The lowest BCUT2D eigenvalue weighted by Gasteiger charge is -1.97. The summed E-state index contributed by atoms with van der Waals surface area (Å²) >= 11 is 1.50. The van der Waals surface area contributed by atoms with Crippen LogP contribution in [0.5, 0.6) is 0 Å². The maximum absolute atomic E-state index is 11.0. The van der Waals surface area contributed by atoms with Gasteiger partial charge in [-0.2, -0.15) is 5.26 Å². The van der Waals surface area contributed by atoms with Crippen molar-refractivity contribution in [3.63, 3.8) is 0 Å². The van der Waals surface area contributed by atoms with Crippen LogP contribution in [0.15, 0.2) is 23.6 Å². The summed E-state index contributed by atoms with van der Waals surface area (Å²) < 4.78 is 0. The molecule has 1 aliphatic rings. The van der Waals surface area contributed by atoms with Gasteiger partial charge in [-0.25, -0.2) is 0 Å². The van der Waals surface area contributed by atoms with E-state index in [9.17, 15) is 4.79 Å². The summed E-state index contributed by atoms with van der Waals surface area (Å²) in [5.41, 5.74) is 0.340. The number of hydrogen-bond acceptors (Lipinski definition) is 3. The third-order valence-corrected chi connectivity index (χ3v) is 4.33. The first kappa shape index (κ1) is 11.9. The number of nitriles is 1. The van der Waals surface area contributed by atoms with E-state index in [1.807, 2.05) is 37.4 Å². The van der Waals surface area contributed by atoms with Crippen LogP contribution in [0.1, 0.15) is 18.7 Å². The van der Waals surface area contributed by atoms with E-state index in [2.05, 4.69) is 6.07 Å². The molecule has 1 heterocycles. The number of allylic oxidation sites excluding steroid dienone is 2. The molecule has 0 radical (unpaired) electrons. The van der Waals surface area contributed by atoms with E-state index in [0.29, 0.717) is 5.57 Å². The molecule has 1 saturated carbocycles. The Kier molecular flexibility index (Phi) is 2.80. The Balaban J connectivity index is 2.27. The van der Waals surface area contributed by atoms with Crippen LogP contribution >= 0.6 is 11.3 Å². The van der Waals surface area contributed by atoms with Crippen LogP contribution in [0.4, 0.5) is 0 Å². The number of aliphatic carboxylic acids is 1. The third-order valence-electron chi connectivity index (χ3n) is 3.43. The van der Waals surface area contributed by atoms with Crippen LogP contribution < -0.4 is 0 Å². The zero-order valence-corrected chi connectivity index (χ0v) is 10.5. The second-order valence-corrected chi connectivity index (χ2v) is 5.78. The molecule has 0 unspecified atom stereocenters. The predicted molar refractivity (Wildman–Crippen MR) is 66.3 cm³/mol. The molecule has 0 saturated heterocycles. The van der Waals surface area contributed by atoms with Crippen molar-refractivity contribution < 1.29 is 9.90 Å². The van der Waals surface area contributed by atoms with Gasteiger partial charge in [-0.3, -0.25) is 4.79 Å². The summed E-state index contributed by atoms with van der Waals surface area (Å²) in [6, 6.07) is 5.92. The Morgan fingerprint density at radius 1 is 1.65 bits per heavy atom. The van der Waals surface area contributed by atoms with Gasteiger partial charge in [0.25, 0.3) is 0 Å². The fourth-order valence-electron chi connectivity index (χ4n) is 2.25. The van der Waals surface area contributed by atoms with Crippen molar-refractivity contribution in [1.82, 2.24) is 0 Å². The first-order chi connectivity index (χ1) is 7.98. The quantitative estimate of drug-likeness (QED) is 0.835. The molecule has 1 aromatic heterocycles.